The molecule has 0 unspecified atom stereocenters. The number of carbonyl (C=O) groups is 2. The monoisotopic (exact) mass is 455 g/mol. The molecule has 0 N–H and O–H groups in total. The molecule has 2 saturated heterocycles. The maximum absolute atomic E-state index is 13.4. The molecule has 5 rings (SSSR count). The lowest BCUT2D eigenvalue weighted by Gasteiger charge is -2.43. The molecule has 33 heavy (non-hydrogen) atoms. The van der Waals surface area contributed by atoms with Crippen molar-refractivity contribution in [1.82, 2.24) is 4.90 Å². The van der Waals surface area contributed by atoms with Gasteiger partial charge in [0.25, 0.3) is 0 Å². The van der Waals surface area contributed by atoms with Crippen LogP contribution in [0.5, 0.6) is 5.75 Å². The van der Waals surface area contributed by atoms with Gasteiger partial charge in [0.1, 0.15) is 19.6 Å². The number of ketones is 1. The molecule has 5 heteroatoms. The maximum atomic E-state index is 13.4. The first kappa shape index (κ1) is 21.7. The van der Waals surface area contributed by atoms with E-state index in [9.17, 15) is 9.59 Å². The van der Waals surface area contributed by atoms with E-state index in [1.54, 1.807) is 7.11 Å². The first-order valence-electron chi connectivity index (χ1n) is 11.7. The van der Waals surface area contributed by atoms with E-state index in [4.69, 9.17) is 4.74 Å². The van der Waals surface area contributed by atoms with Gasteiger partial charge in [-0.05, 0) is 17.7 Å². The summed E-state index contributed by atoms with van der Waals surface area (Å²) in [5.74, 6) is 1.05. The van der Waals surface area contributed by atoms with Gasteiger partial charge in [-0.25, -0.2) is 0 Å². The zero-order valence-corrected chi connectivity index (χ0v) is 19.9. The van der Waals surface area contributed by atoms with E-state index in [1.165, 1.54) is 10.4 Å². The molecule has 2 atom stereocenters. The average Bonchev–Trinajstić information content (AvgIpc) is 3.33. The van der Waals surface area contributed by atoms with Crippen LogP contribution in [0.15, 0.2) is 84.9 Å². The number of rotatable bonds is 5. The lowest BCUT2D eigenvalue weighted by atomic mass is 10.00. The van der Waals surface area contributed by atoms with Gasteiger partial charge in [0.2, 0.25) is 5.91 Å². The van der Waals surface area contributed by atoms with Gasteiger partial charge < -0.3 is 9.64 Å². The van der Waals surface area contributed by atoms with Crippen LogP contribution in [0.1, 0.15) is 12.0 Å². The highest BCUT2D eigenvalue weighted by Gasteiger charge is 2.56. The fraction of sp³-hybridized carbons (Fsp3) is 0.286. The number of carbonyl (C=O) groups excluding carboxylic acids is 2. The molecule has 2 heterocycles. The zero-order chi connectivity index (χ0) is 22.8. The molecule has 2 fully saturated rings. The van der Waals surface area contributed by atoms with Crippen molar-refractivity contribution in [3.63, 3.8) is 0 Å². The molecular weight excluding hydrogens is 426 g/mol. The summed E-state index contributed by atoms with van der Waals surface area (Å²) in [5.41, 5.74) is 1.09. The summed E-state index contributed by atoms with van der Waals surface area (Å²) in [6.07, 6.45) is 0.897. The Bertz CT molecular complexity index is 1110. The van der Waals surface area contributed by atoms with E-state index >= 15 is 0 Å². The Morgan fingerprint density at radius 3 is 2.15 bits per heavy atom. The van der Waals surface area contributed by atoms with Crippen LogP contribution >= 0.6 is 0 Å². The summed E-state index contributed by atoms with van der Waals surface area (Å²) in [4.78, 5) is 28.5. The number of hydrogen-bond donors (Lipinski definition) is 0. The summed E-state index contributed by atoms with van der Waals surface area (Å²) < 4.78 is 5.45. The third-order valence-corrected chi connectivity index (χ3v) is 13.2. The Balaban J connectivity index is 1.50. The lowest BCUT2D eigenvalue weighted by Crippen LogP contribution is -2.65. The van der Waals surface area contributed by atoms with Crippen molar-refractivity contribution in [3.05, 3.63) is 90.5 Å². The molecule has 0 saturated carbocycles. The van der Waals surface area contributed by atoms with Crippen LogP contribution < -0.4 is 15.1 Å². The van der Waals surface area contributed by atoms with E-state index in [0.717, 1.165) is 17.4 Å². The fourth-order valence-corrected chi connectivity index (χ4v) is 11.9. The average molecular weight is 456 g/mol. The third-order valence-electron chi connectivity index (χ3n) is 7.60. The van der Waals surface area contributed by atoms with Crippen molar-refractivity contribution in [3.8, 4) is 5.75 Å². The first-order chi connectivity index (χ1) is 16.1. The Hall–Kier alpha value is -3.18. The highest BCUT2D eigenvalue weighted by atomic mass is 28.3. The predicted octanol–water partition coefficient (Wildman–Crippen LogP) is 3.30. The Morgan fingerprint density at radius 2 is 1.52 bits per heavy atom. The molecule has 2 aliphatic heterocycles. The molecule has 4 nitrogen and oxygen atoms in total. The molecule has 1 amide bonds. The van der Waals surface area contributed by atoms with E-state index in [1.807, 2.05) is 29.2 Å². The smallest absolute Gasteiger partial charge is 0.227 e. The second-order valence-electron chi connectivity index (χ2n) is 9.17. The van der Waals surface area contributed by atoms with Crippen molar-refractivity contribution >= 4 is 30.1 Å². The van der Waals surface area contributed by atoms with E-state index in [2.05, 4.69) is 60.7 Å². The normalized spacial score (nSPS) is 21.5. The number of benzene rings is 3. The lowest BCUT2D eigenvalue weighted by molar-refractivity contribution is -0.129. The fourth-order valence-electron chi connectivity index (χ4n) is 6.00. The Morgan fingerprint density at radius 1 is 0.909 bits per heavy atom. The van der Waals surface area contributed by atoms with Gasteiger partial charge in [0.05, 0.1) is 13.5 Å². The molecule has 168 valence electrons. The molecular formula is C28H29NO3Si. The van der Waals surface area contributed by atoms with Crippen molar-refractivity contribution in [2.45, 2.75) is 24.4 Å². The second kappa shape index (κ2) is 8.98. The van der Waals surface area contributed by atoms with Gasteiger partial charge in [-0.3, -0.25) is 9.59 Å². The standard InChI is InChI=1S/C28H29NO3Si/c1-32-26-15-9-8-10-21(26)18-28(31)29-19-24-25(30)16-17-33(27(24)20-29,22-11-4-2-5-12-22)23-13-6-3-7-14-23/h2-15,24,27H,16-20H2,1H3/t24-,27+/m1/s1. The van der Waals surface area contributed by atoms with E-state index in [-0.39, 0.29) is 17.4 Å². The quantitative estimate of drug-likeness (QED) is 0.555. The number of ether oxygens (including phenoxy) is 1. The number of hydrogen-bond acceptors (Lipinski definition) is 3. The summed E-state index contributed by atoms with van der Waals surface area (Å²) in [6, 6.07) is 30.1. The number of Topliss-reactive ketones (excluding diaryl/α,β-unsaturated/α-hetero) is 1. The number of methoxy groups -OCH3 is 1. The highest BCUT2D eigenvalue weighted by molar-refractivity contribution is 7.04. The molecule has 0 bridgehead atoms. The van der Waals surface area contributed by atoms with Crippen LogP contribution in [0, 0.1) is 5.92 Å². The zero-order valence-electron chi connectivity index (χ0n) is 18.9. The number of amides is 1. The minimum atomic E-state index is -2.24. The predicted molar refractivity (Wildman–Crippen MR) is 133 cm³/mol. The second-order valence-corrected chi connectivity index (χ2v) is 13.5. The van der Waals surface area contributed by atoms with Gasteiger partial charge in [0, 0.05) is 31.0 Å². The van der Waals surface area contributed by atoms with Crippen molar-refractivity contribution < 1.29 is 14.3 Å². The van der Waals surface area contributed by atoms with Crippen LogP contribution in [-0.4, -0.2) is 44.9 Å². The van der Waals surface area contributed by atoms with Gasteiger partial charge >= 0.3 is 0 Å². The molecule has 0 radical (unpaired) electrons. The van der Waals surface area contributed by atoms with Gasteiger partial charge in [-0.2, -0.15) is 0 Å². The molecule has 0 aliphatic carbocycles. The van der Waals surface area contributed by atoms with Gasteiger partial charge in [-0.1, -0.05) is 89.2 Å². The molecule has 0 aromatic heterocycles. The van der Waals surface area contributed by atoms with E-state index < -0.39 is 8.07 Å². The SMILES string of the molecule is COc1ccccc1CC(=O)N1C[C@@H]2C(=O)CC[Si](c3ccccc3)(c3ccccc3)[C@H]2C1. The number of para-hydroxylation sites is 1. The van der Waals surface area contributed by atoms with Crippen molar-refractivity contribution in [1.29, 1.82) is 0 Å². The maximum Gasteiger partial charge on any atom is 0.227 e. The van der Waals surface area contributed by atoms with Crippen LogP contribution in [-0.2, 0) is 16.0 Å². The van der Waals surface area contributed by atoms with Crippen molar-refractivity contribution in [2.75, 3.05) is 20.2 Å². The van der Waals surface area contributed by atoms with Crippen molar-refractivity contribution in [2.24, 2.45) is 5.92 Å². The van der Waals surface area contributed by atoms with Crippen LogP contribution in [0.4, 0.5) is 0 Å². The summed E-state index contributed by atoms with van der Waals surface area (Å²) in [5, 5.41) is 2.75. The number of nitrogens with zero attached hydrogens (tertiary/aromatic N) is 1. The molecule has 0 spiro atoms. The molecule has 2 aliphatic rings. The topological polar surface area (TPSA) is 46.6 Å². The van der Waals surface area contributed by atoms with Crippen LogP contribution in [0.25, 0.3) is 0 Å². The summed E-state index contributed by atoms with van der Waals surface area (Å²) >= 11 is 0. The molecule has 3 aromatic rings. The summed E-state index contributed by atoms with van der Waals surface area (Å²) in [7, 11) is -0.613. The number of fused-ring (bicyclic) bond motifs is 1. The van der Waals surface area contributed by atoms with Gasteiger partial charge in [0.15, 0.2) is 0 Å². The molecule has 3 aromatic carbocycles. The third kappa shape index (κ3) is 3.80. The van der Waals surface area contributed by atoms with Crippen LogP contribution in [0.2, 0.25) is 11.6 Å². The Kier molecular flexibility index (Phi) is 5.90. The first-order valence-corrected chi connectivity index (χ1v) is 14.0. The van der Waals surface area contributed by atoms with E-state index in [0.29, 0.717) is 31.7 Å². The van der Waals surface area contributed by atoms with Gasteiger partial charge in [-0.15, -0.1) is 0 Å². The minimum absolute atomic E-state index is 0.0747. The highest BCUT2D eigenvalue weighted by Crippen LogP contribution is 2.44. The number of likely N-dealkylation sites (tertiary alicyclic amines) is 1. The summed E-state index contributed by atoms with van der Waals surface area (Å²) in [6.45, 7) is 1.19. The minimum Gasteiger partial charge on any atom is -0.496 e. The Labute approximate surface area is 196 Å². The largest absolute Gasteiger partial charge is 0.496 e. The van der Waals surface area contributed by atoms with Crippen LogP contribution in [0.3, 0.4) is 0 Å².